The standard InChI is InChI=1S/C14H19N3O/c1-9(15)8-17-14-11(7-16-17)3-2-10-4-5-12(18)6-13(10)14/h4-6,9,16,18H,2-3,7-8,15H2,1H3. The van der Waals surface area contributed by atoms with Crippen LogP contribution < -0.4 is 11.2 Å². The van der Waals surface area contributed by atoms with Crippen LogP contribution in [0.25, 0.3) is 5.70 Å². The van der Waals surface area contributed by atoms with Gasteiger partial charge in [-0.3, -0.25) is 0 Å². The Morgan fingerprint density at radius 3 is 3.06 bits per heavy atom. The maximum absolute atomic E-state index is 9.69. The summed E-state index contributed by atoms with van der Waals surface area (Å²) in [7, 11) is 0. The molecule has 1 aliphatic carbocycles. The minimum atomic E-state index is 0.118. The van der Waals surface area contributed by atoms with E-state index in [9.17, 15) is 5.11 Å². The van der Waals surface area contributed by atoms with E-state index in [2.05, 4.69) is 10.4 Å². The number of hydrogen-bond acceptors (Lipinski definition) is 4. The van der Waals surface area contributed by atoms with Gasteiger partial charge in [0.15, 0.2) is 0 Å². The van der Waals surface area contributed by atoms with Gasteiger partial charge in [-0.25, -0.2) is 5.43 Å². The van der Waals surface area contributed by atoms with Crippen LogP contribution >= 0.6 is 0 Å². The summed E-state index contributed by atoms with van der Waals surface area (Å²) in [6, 6.07) is 5.77. The Kier molecular flexibility index (Phi) is 2.76. The van der Waals surface area contributed by atoms with Gasteiger partial charge in [0, 0.05) is 24.7 Å². The van der Waals surface area contributed by atoms with Crippen molar-refractivity contribution in [3.05, 3.63) is 34.9 Å². The zero-order chi connectivity index (χ0) is 12.7. The molecule has 0 bridgehead atoms. The quantitative estimate of drug-likeness (QED) is 0.733. The van der Waals surface area contributed by atoms with Crippen LogP contribution in [-0.2, 0) is 6.42 Å². The summed E-state index contributed by atoms with van der Waals surface area (Å²) in [5.41, 5.74) is 14.4. The maximum atomic E-state index is 9.69. The van der Waals surface area contributed by atoms with Gasteiger partial charge in [0.1, 0.15) is 5.75 Å². The van der Waals surface area contributed by atoms with E-state index in [1.807, 2.05) is 19.1 Å². The number of hydrogen-bond donors (Lipinski definition) is 3. The lowest BCUT2D eigenvalue weighted by molar-refractivity contribution is 0.307. The van der Waals surface area contributed by atoms with Crippen LogP contribution in [0, 0.1) is 0 Å². The summed E-state index contributed by atoms with van der Waals surface area (Å²) in [6.45, 7) is 3.69. The second-order valence-electron chi connectivity index (χ2n) is 5.22. The van der Waals surface area contributed by atoms with Crippen LogP contribution in [0.15, 0.2) is 23.8 Å². The molecule has 4 N–H and O–H groups in total. The Hall–Kier alpha value is -1.52. The lowest BCUT2D eigenvalue weighted by Gasteiger charge is -2.27. The monoisotopic (exact) mass is 245 g/mol. The molecule has 0 fully saturated rings. The highest BCUT2D eigenvalue weighted by Gasteiger charge is 2.28. The van der Waals surface area contributed by atoms with E-state index in [0.717, 1.165) is 31.5 Å². The second kappa shape index (κ2) is 4.30. The number of nitrogens with zero attached hydrogens (tertiary/aromatic N) is 1. The highest BCUT2D eigenvalue weighted by Crippen LogP contribution is 2.37. The molecule has 18 heavy (non-hydrogen) atoms. The molecule has 3 rings (SSSR count). The molecule has 0 spiro atoms. The van der Waals surface area contributed by atoms with Crippen molar-refractivity contribution in [1.29, 1.82) is 0 Å². The molecule has 1 aromatic rings. The second-order valence-corrected chi connectivity index (χ2v) is 5.22. The SMILES string of the molecule is CC(N)CN1NCC2=C1c1cc(O)ccc1CC2. The molecule has 1 unspecified atom stereocenters. The van der Waals surface area contributed by atoms with E-state index in [1.54, 1.807) is 6.07 Å². The van der Waals surface area contributed by atoms with Crippen molar-refractivity contribution in [2.24, 2.45) is 5.73 Å². The Morgan fingerprint density at radius 2 is 2.28 bits per heavy atom. The molecular formula is C14H19N3O. The molecule has 1 aromatic carbocycles. The van der Waals surface area contributed by atoms with Gasteiger partial charge < -0.3 is 15.8 Å². The fourth-order valence-corrected chi connectivity index (χ4v) is 2.82. The fourth-order valence-electron chi connectivity index (χ4n) is 2.82. The summed E-state index contributed by atoms with van der Waals surface area (Å²) >= 11 is 0. The van der Waals surface area contributed by atoms with Gasteiger partial charge >= 0.3 is 0 Å². The highest BCUT2D eigenvalue weighted by molar-refractivity contribution is 5.74. The lowest BCUT2D eigenvalue weighted by Crippen LogP contribution is -2.40. The summed E-state index contributed by atoms with van der Waals surface area (Å²) in [6.07, 6.45) is 2.15. The predicted molar refractivity (Wildman–Crippen MR) is 71.7 cm³/mol. The van der Waals surface area contributed by atoms with Gasteiger partial charge in [-0.2, -0.15) is 0 Å². The molecule has 0 aromatic heterocycles. The van der Waals surface area contributed by atoms with Gasteiger partial charge in [-0.1, -0.05) is 6.07 Å². The lowest BCUT2D eigenvalue weighted by atomic mass is 9.89. The first-order valence-electron chi connectivity index (χ1n) is 6.46. The normalized spacial score (nSPS) is 19.8. The first-order valence-corrected chi connectivity index (χ1v) is 6.46. The minimum absolute atomic E-state index is 0.118. The van der Waals surface area contributed by atoms with Crippen LogP contribution in [-0.4, -0.2) is 29.2 Å². The van der Waals surface area contributed by atoms with Gasteiger partial charge in [0.05, 0.1) is 5.70 Å². The first-order chi connectivity index (χ1) is 8.65. The number of hydrazine groups is 1. The number of rotatable bonds is 2. The summed E-state index contributed by atoms with van der Waals surface area (Å²) < 4.78 is 0. The maximum Gasteiger partial charge on any atom is 0.116 e. The van der Waals surface area contributed by atoms with Gasteiger partial charge in [-0.15, -0.1) is 0 Å². The minimum Gasteiger partial charge on any atom is -0.508 e. The van der Waals surface area contributed by atoms with Crippen molar-refractivity contribution in [3.8, 4) is 5.75 Å². The number of nitrogens with one attached hydrogen (secondary N) is 1. The molecule has 0 radical (unpaired) electrons. The number of phenols is 1. The first kappa shape index (κ1) is 11.6. The molecule has 1 heterocycles. The Bertz CT molecular complexity index is 508. The predicted octanol–water partition coefficient (Wildman–Crippen LogP) is 1.22. The van der Waals surface area contributed by atoms with Crippen molar-refractivity contribution >= 4 is 5.70 Å². The molecule has 96 valence electrons. The van der Waals surface area contributed by atoms with E-state index in [1.165, 1.54) is 16.8 Å². The average Bonchev–Trinajstić information content (AvgIpc) is 2.72. The summed E-state index contributed by atoms with van der Waals surface area (Å²) in [4.78, 5) is 0. The van der Waals surface area contributed by atoms with Gasteiger partial charge in [0.25, 0.3) is 0 Å². The Labute approximate surface area is 107 Å². The molecule has 0 amide bonds. The van der Waals surface area contributed by atoms with Crippen molar-refractivity contribution in [3.63, 3.8) is 0 Å². The van der Waals surface area contributed by atoms with Crippen LogP contribution in [0.5, 0.6) is 5.75 Å². The van der Waals surface area contributed by atoms with Crippen LogP contribution in [0.3, 0.4) is 0 Å². The molecule has 2 aliphatic rings. The van der Waals surface area contributed by atoms with Crippen LogP contribution in [0.1, 0.15) is 24.5 Å². The van der Waals surface area contributed by atoms with E-state index >= 15 is 0 Å². The average molecular weight is 245 g/mol. The number of benzene rings is 1. The Morgan fingerprint density at radius 1 is 1.44 bits per heavy atom. The molecule has 4 heteroatoms. The van der Waals surface area contributed by atoms with Crippen molar-refractivity contribution in [2.75, 3.05) is 13.1 Å². The number of aromatic hydroxyl groups is 1. The summed E-state index contributed by atoms with van der Waals surface area (Å²) in [5.74, 6) is 0.329. The molecular weight excluding hydrogens is 226 g/mol. The Balaban J connectivity index is 2.02. The zero-order valence-corrected chi connectivity index (χ0v) is 10.6. The van der Waals surface area contributed by atoms with Gasteiger partial charge in [-0.05, 0) is 43.0 Å². The van der Waals surface area contributed by atoms with Crippen molar-refractivity contribution < 1.29 is 5.11 Å². The third-order valence-corrected chi connectivity index (χ3v) is 3.60. The number of nitrogens with two attached hydrogens (primary N) is 1. The van der Waals surface area contributed by atoms with Gasteiger partial charge in [0.2, 0.25) is 0 Å². The van der Waals surface area contributed by atoms with E-state index in [4.69, 9.17) is 5.73 Å². The van der Waals surface area contributed by atoms with Crippen molar-refractivity contribution in [2.45, 2.75) is 25.8 Å². The largest absolute Gasteiger partial charge is 0.508 e. The number of aryl methyl sites for hydroxylation is 1. The smallest absolute Gasteiger partial charge is 0.116 e. The number of fused-ring (bicyclic) bond motifs is 2. The number of phenolic OH excluding ortho intramolecular Hbond substituents is 1. The molecule has 4 nitrogen and oxygen atoms in total. The van der Waals surface area contributed by atoms with Crippen molar-refractivity contribution in [1.82, 2.24) is 10.4 Å². The summed E-state index contributed by atoms with van der Waals surface area (Å²) in [5, 5.41) is 11.8. The van der Waals surface area contributed by atoms with E-state index in [0.29, 0.717) is 5.75 Å². The molecule has 1 aliphatic heterocycles. The third kappa shape index (κ3) is 1.87. The topological polar surface area (TPSA) is 61.5 Å². The molecule has 0 saturated heterocycles. The third-order valence-electron chi connectivity index (χ3n) is 3.60. The van der Waals surface area contributed by atoms with Crippen LogP contribution in [0.2, 0.25) is 0 Å². The molecule has 0 saturated carbocycles. The van der Waals surface area contributed by atoms with E-state index < -0.39 is 0 Å². The van der Waals surface area contributed by atoms with E-state index in [-0.39, 0.29) is 6.04 Å². The van der Waals surface area contributed by atoms with Crippen LogP contribution in [0.4, 0.5) is 0 Å². The molecule has 1 atom stereocenters. The zero-order valence-electron chi connectivity index (χ0n) is 10.6. The fraction of sp³-hybridized carbons (Fsp3) is 0.429. The highest BCUT2D eigenvalue weighted by atomic mass is 16.3.